The molecule has 1 aromatic carbocycles. The summed E-state index contributed by atoms with van der Waals surface area (Å²) in [6, 6.07) is 12.4. The Morgan fingerprint density at radius 3 is 2.73 bits per heavy atom. The van der Waals surface area contributed by atoms with Crippen LogP contribution in [0.4, 0.5) is 4.39 Å². The number of rotatable bonds is 5. The third-order valence-electron chi connectivity index (χ3n) is 3.67. The lowest BCUT2D eigenvalue weighted by Crippen LogP contribution is -2.03. The molecule has 5 nitrogen and oxygen atoms in total. The van der Waals surface area contributed by atoms with Crippen LogP contribution in [0.15, 0.2) is 57.8 Å². The van der Waals surface area contributed by atoms with E-state index in [0.717, 1.165) is 16.2 Å². The second-order valence-corrected chi connectivity index (χ2v) is 8.71. The fourth-order valence-electron chi connectivity index (χ4n) is 2.50. The van der Waals surface area contributed by atoms with Gasteiger partial charge < -0.3 is 5.32 Å². The average Bonchev–Trinajstić information content (AvgIpc) is 3.07. The van der Waals surface area contributed by atoms with Crippen molar-refractivity contribution in [2.75, 3.05) is 7.05 Å². The number of nitrogens with one attached hydrogen (secondary N) is 1. The van der Waals surface area contributed by atoms with Crippen LogP contribution < -0.4 is 5.32 Å². The van der Waals surface area contributed by atoms with Gasteiger partial charge in [0.1, 0.15) is 4.21 Å². The number of aromatic nitrogens is 1. The van der Waals surface area contributed by atoms with Crippen LogP contribution in [0.5, 0.6) is 0 Å². The van der Waals surface area contributed by atoms with E-state index < -0.39 is 15.8 Å². The molecular formula is C18H14FN3O2S2. The van der Waals surface area contributed by atoms with Crippen molar-refractivity contribution in [1.82, 2.24) is 10.3 Å². The van der Waals surface area contributed by atoms with Crippen molar-refractivity contribution < 1.29 is 12.8 Å². The van der Waals surface area contributed by atoms with Crippen LogP contribution in [0.1, 0.15) is 10.4 Å². The fraction of sp³-hybridized carbons (Fsp3) is 0.111. The number of sulfone groups is 1. The summed E-state index contributed by atoms with van der Waals surface area (Å²) in [5, 5.41) is 12.0. The summed E-state index contributed by atoms with van der Waals surface area (Å²) in [4.78, 5) is 4.37. The van der Waals surface area contributed by atoms with Crippen LogP contribution in [-0.4, -0.2) is 20.4 Å². The summed E-state index contributed by atoms with van der Waals surface area (Å²) in [5.41, 5.74) is 0.640. The highest BCUT2D eigenvalue weighted by Crippen LogP contribution is 2.39. The van der Waals surface area contributed by atoms with Crippen molar-refractivity contribution in [2.45, 2.75) is 15.6 Å². The first-order chi connectivity index (χ1) is 12.5. The zero-order chi connectivity index (χ0) is 18.7. The maximum atomic E-state index is 14.2. The average molecular weight is 387 g/mol. The molecule has 0 unspecified atom stereocenters. The van der Waals surface area contributed by atoms with Gasteiger partial charge in [0.2, 0.25) is 15.8 Å². The van der Waals surface area contributed by atoms with Gasteiger partial charge >= 0.3 is 0 Å². The summed E-state index contributed by atoms with van der Waals surface area (Å²) in [7, 11) is -2.17. The van der Waals surface area contributed by atoms with Crippen LogP contribution in [0.3, 0.4) is 0 Å². The second kappa shape index (κ2) is 7.33. The minimum absolute atomic E-state index is 0.0000406. The number of benzene rings is 1. The van der Waals surface area contributed by atoms with E-state index >= 15 is 0 Å². The summed E-state index contributed by atoms with van der Waals surface area (Å²) in [5.74, 6) is -0.733. The molecule has 0 aliphatic heterocycles. The van der Waals surface area contributed by atoms with Gasteiger partial charge in [0.15, 0.2) is 0 Å². The molecule has 0 radical (unpaired) electrons. The first-order valence-electron chi connectivity index (χ1n) is 7.61. The number of nitrogens with zero attached hydrogens (tertiary/aromatic N) is 2. The molecule has 0 saturated heterocycles. The van der Waals surface area contributed by atoms with Crippen molar-refractivity contribution in [3.8, 4) is 17.2 Å². The Kier molecular flexibility index (Phi) is 5.13. The van der Waals surface area contributed by atoms with E-state index in [1.807, 2.05) is 6.07 Å². The predicted molar refractivity (Wildman–Crippen MR) is 96.9 cm³/mol. The number of hydrogen-bond donors (Lipinski definition) is 1. The molecule has 1 N–H and O–H groups in total. The Labute approximate surface area is 154 Å². The first-order valence-corrected chi connectivity index (χ1v) is 9.91. The number of hydrogen-bond acceptors (Lipinski definition) is 6. The third kappa shape index (κ3) is 3.37. The van der Waals surface area contributed by atoms with Crippen LogP contribution in [0.2, 0.25) is 0 Å². The van der Waals surface area contributed by atoms with Gasteiger partial charge in [-0.2, -0.15) is 9.65 Å². The van der Waals surface area contributed by atoms with E-state index in [9.17, 15) is 12.8 Å². The molecule has 0 atom stereocenters. The minimum Gasteiger partial charge on any atom is -0.315 e. The Hall–Kier alpha value is -2.60. The van der Waals surface area contributed by atoms with E-state index in [2.05, 4.69) is 10.3 Å². The molecule has 3 aromatic rings. The number of thiophene rings is 1. The van der Waals surface area contributed by atoms with E-state index in [1.165, 1.54) is 36.5 Å². The normalized spacial score (nSPS) is 11.3. The highest BCUT2D eigenvalue weighted by molar-refractivity contribution is 7.93. The van der Waals surface area contributed by atoms with Crippen LogP contribution in [-0.2, 0) is 16.4 Å². The molecule has 0 bridgehead atoms. The quantitative estimate of drug-likeness (QED) is 0.679. The molecule has 0 amide bonds. The van der Waals surface area contributed by atoms with Gasteiger partial charge in [-0.1, -0.05) is 6.07 Å². The summed E-state index contributed by atoms with van der Waals surface area (Å²) < 4.78 is 40.6. The summed E-state index contributed by atoms with van der Waals surface area (Å²) >= 11 is 1.08. The fourth-order valence-corrected chi connectivity index (χ4v) is 5.67. The Morgan fingerprint density at radius 1 is 1.23 bits per heavy atom. The Balaban J connectivity index is 2.23. The van der Waals surface area contributed by atoms with E-state index in [1.54, 1.807) is 19.2 Å². The largest absolute Gasteiger partial charge is 0.315 e. The molecule has 0 spiro atoms. The molecule has 3 rings (SSSR count). The number of nitriles is 1. The smallest absolute Gasteiger partial charge is 0.220 e. The highest BCUT2D eigenvalue weighted by Gasteiger charge is 2.27. The molecule has 0 fully saturated rings. The van der Waals surface area contributed by atoms with E-state index in [-0.39, 0.29) is 25.8 Å². The van der Waals surface area contributed by atoms with Crippen molar-refractivity contribution in [3.05, 3.63) is 65.0 Å². The molecule has 2 aromatic heterocycles. The standard InChI is InChI=1S/C18H14FN3O2S2/c1-21-11-13-9-16(15-6-3-7-22-17(15)19)18(25-13)26(23,24)14-5-2-4-12(8-14)10-20/h2-9,21H,11H2,1H3. The van der Waals surface area contributed by atoms with Gasteiger partial charge in [-0.25, -0.2) is 13.4 Å². The van der Waals surface area contributed by atoms with Crippen molar-refractivity contribution in [2.24, 2.45) is 0 Å². The second-order valence-electron chi connectivity index (χ2n) is 5.43. The highest BCUT2D eigenvalue weighted by atomic mass is 32.2. The lowest BCUT2D eigenvalue weighted by Gasteiger charge is -2.07. The summed E-state index contributed by atoms with van der Waals surface area (Å²) in [6.45, 7) is 0.452. The topological polar surface area (TPSA) is 82.8 Å². The molecule has 2 heterocycles. The molecule has 0 aliphatic rings. The van der Waals surface area contributed by atoms with Gasteiger partial charge in [-0.3, -0.25) is 0 Å². The van der Waals surface area contributed by atoms with Crippen molar-refractivity contribution in [3.63, 3.8) is 0 Å². The summed E-state index contributed by atoms with van der Waals surface area (Å²) in [6.07, 6.45) is 1.31. The van der Waals surface area contributed by atoms with Gasteiger partial charge in [-0.05, 0) is 43.4 Å². The van der Waals surface area contributed by atoms with Gasteiger partial charge in [0, 0.05) is 28.7 Å². The maximum Gasteiger partial charge on any atom is 0.220 e. The molecule has 26 heavy (non-hydrogen) atoms. The van der Waals surface area contributed by atoms with Crippen LogP contribution in [0, 0.1) is 17.3 Å². The zero-order valence-corrected chi connectivity index (χ0v) is 15.4. The molecular weight excluding hydrogens is 373 g/mol. The Bertz CT molecular complexity index is 1100. The van der Waals surface area contributed by atoms with Gasteiger partial charge in [0.25, 0.3) is 0 Å². The number of halogens is 1. The Morgan fingerprint density at radius 2 is 2.04 bits per heavy atom. The first kappa shape index (κ1) is 18.2. The number of pyridine rings is 1. The van der Waals surface area contributed by atoms with Crippen LogP contribution in [0.25, 0.3) is 11.1 Å². The van der Waals surface area contributed by atoms with Gasteiger partial charge in [-0.15, -0.1) is 11.3 Å². The molecule has 0 saturated carbocycles. The van der Waals surface area contributed by atoms with E-state index in [0.29, 0.717) is 6.54 Å². The van der Waals surface area contributed by atoms with Crippen molar-refractivity contribution >= 4 is 21.2 Å². The van der Waals surface area contributed by atoms with Crippen molar-refractivity contribution in [1.29, 1.82) is 5.26 Å². The lowest BCUT2D eigenvalue weighted by atomic mass is 10.1. The predicted octanol–water partition coefficient (Wildman–Crippen LogP) is 3.37. The van der Waals surface area contributed by atoms with Gasteiger partial charge in [0.05, 0.1) is 16.5 Å². The zero-order valence-electron chi connectivity index (χ0n) is 13.7. The molecule has 0 aliphatic carbocycles. The third-order valence-corrected chi connectivity index (χ3v) is 7.09. The minimum atomic E-state index is -3.92. The molecule has 8 heteroatoms. The lowest BCUT2D eigenvalue weighted by molar-refractivity contribution is 0.587. The van der Waals surface area contributed by atoms with Crippen LogP contribution >= 0.6 is 11.3 Å². The monoisotopic (exact) mass is 387 g/mol. The molecule has 132 valence electrons. The maximum absolute atomic E-state index is 14.2. The van der Waals surface area contributed by atoms with E-state index in [4.69, 9.17) is 5.26 Å². The SMILES string of the molecule is CNCc1cc(-c2cccnc2F)c(S(=O)(=O)c2cccc(C#N)c2)s1.